The van der Waals surface area contributed by atoms with E-state index in [1.807, 2.05) is 30.5 Å². The Bertz CT molecular complexity index is 604. The largest absolute Gasteiger partial charge is 0.454 e. The number of benzene rings is 1. The van der Waals surface area contributed by atoms with E-state index >= 15 is 0 Å². The maximum atomic E-state index is 6.29. The normalized spacial score (nSPS) is 14.4. The average Bonchev–Trinajstić information content (AvgIpc) is 2.95. The summed E-state index contributed by atoms with van der Waals surface area (Å²) in [4.78, 5) is 6.31. The smallest absolute Gasteiger partial charge is 0.231 e. The molecule has 1 aromatic carbocycles. The number of nitrogens with two attached hydrogens (primary N) is 1. The minimum absolute atomic E-state index is 0.0684. The third-order valence-corrected chi connectivity index (χ3v) is 3.51. The van der Waals surface area contributed by atoms with Gasteiger partial charge < -0.3 is 20.1 Å². The topological polar surface area (TPSA) is 60.6 Å². The second-order valence-electron chi connectivity index (χ2n) is 5.28. The van der Waals surface area contributed by atoms with Crippen LogP contribution in [0.2, 0.25) is 0 Å². The van der Waals surface area contributed by atoms with Crippen molar-refractivity contribution >= 4 is 0 Å². The van der Waals surface area contributed by atoms with E-state index in [1.165, 1.54) is 5.56 Å². The molecule has 1 atom stereocenters. The number of pyridine rings is 1. The van der Waals surface area contributed by atoms with Gasteiger partial charge in [-0.3, -0.25) is 4.98 Å². The van der Waals surface area contributed by atoms with Crippen LogP contribution in [0.15, 0.2) is 42.7 Å². The zero-order valence-corrected chi connectivity index (χ0v) is 12.0. The van der Waals surface area contributed by atoms with Crippen LogP contribution in [0.25, 0.3) is 0 Å². The maximum Gasteiger partial charge on any atom is 0.231 e. The zero-order chi connectivity index (χ0) is 14.7. The first kappa shape index (κ1) is 13.9. The lowest BCUT2D eigenvalue weighted by Crippen LogP contribution is -2.28. The molecule has 1 unspecified atom stereocenters. The molecular weight excluding hydrogens is 266 g/mol. The van der Waals surface area contributed by atoms with Crippen molar-refractivity contribution in [3.63, 3.8) is 0 Å². The van der Waals surface area contributed by atoms with Crippen LogP contribution in [-0.2, 0) is 6.54 Å². The summed E-state index contributed by atoms with van der Waals surface area (Å²) in [7, 11) is 2.06. The molecule has 0 aliphatic carbocycles. The third-order valence-electron chi connectivity index (χ3n) is 3.51. The van der Waals surface area contributed by atoms with Gasteiger partial charge in [0.05, 0.1) is 0 Å². The van der Waals surface area contributed by atoms with E-state index in [2.05, 4.69) is 23.0 Å². The molecule has 21 heavy (non-hydrogen) atoms. The monoisotopic (exact) mass is 285 g/mol. The van der Waals surface area contributed by atoms with Crippen molar-refractivity contribution in [1.82, 2.24) is 9.88 Å². The van der Waals surface area contributed by atoms with E-state index in [0.717, 1.165) is 30.2 Å². The molecule has 1 aromatic heterocycles. The second kappa shape index (κ2) is 6.11. The summed E-state index contributed by atoms with van der Waals surface area (Å²) in [6.07, 6.45) is 3.66. The predicted molar refractivity (Wildman–Crippen MR) is 80.1 cm³/mol. The Balaban J connectivity index is 1.62. The van der Waals surface area contributed by atoms with Crippen LogP contribution >= 0.6 is 0 Å². The van der Waals surface area contributed by atoms with Gasteiger partial charge in [-0.25, -0.2) is 0 Å². The highest BCUT2D eigenvalue weighted by atomic mass is 16.7. The molecule has 1 aliphatic rings. The first-order valence-corrected chi connectivity index (χ1v) is 6.95. The molecule has 3 rings (SSSR count). The molecule has 0 spiro atoms. The molecule has 1 aliphatic heterocycles. The maximum absolute atomic E-state index is 6.29. The number of rotatable bonds is 5. The highest BCUT2D eigenvalue weighted by molar-refractivity contribution is 5.45. The van der Waals surface area contributed by atoms with Crippen LogP contribution in [0.1, 0.15) is 17.2 Å². The molecule has 2 heterocycles. The molecule has 5 heteroatoms. The van der Waals surface area contributed by atoms with Gasteiger partial charge in [0.25, 0.3) is 0 Å². The summed E-state index contributed by atoms with van der Waals surface area (Å²) < 4.78 is 10.7. The quantitative estimate of drug-likeness (QED) is 0.909. The van der Waals surface area contributed by atoms with E-state index in [0.29, 0.717) is 0 Å². The van der Waals surface area contributed by atoms with Gasteiger partial charge in [0.15, 0.2) is 11.5 Å². The van der Waals surface area contributed by atoms with E-state index in [9.17, 15) is 0 Å². The van der Waals surface area contributed by atoms with Crippen molar-refractivity contribution in [2.45, 2.75) is 12.6 Å². The minimum Gasteiger partial charge on any atom is -0.454 e. The van der Waals surface area contributed by atoms with Crippen LogP contribution in [0, 0.1) is 0 Å². The number of aromatic nitrogens is 1. The molecule has 110 valence electrons. The lowest BCUT2D eigenvalue weighted by atomic mass is 10.1. The predicted octanol–water partition coefficient (Wildman–Crippen LogP) is 1.94. The van der Waals surface area contributed by atoms with Gasteiger partial charge in [0.2, 0.25) is 6.79 Å². The lowest BCUT2D eigenvalue weighted by molar-refractivity contribution is 0.174. The number of ether oxygens (including phenoxy) is 2. The molecule has 2 N–H and O–H groups in total. The molecule has 5 nitrogen and oxygen atoms in total. The molecular formula is C16H19N3O2. The van der Waals surface area contributed by atoms with E-state index in [1.54, 1.807) is 6.20 Å². The molecule has 0 amide bonds. The number of hydrogen-bond donors (Lipinski definition) is 1. The third kappa shape index (κ3) is 3.32. The summed E-state index contributed by atoms with van der Waals surface area (Å²) in [6.45, 7) is 1.87. The van der Waals surface area contributed by atoms with Crippen LogP contribution in [0.3, 0.4) is 0 Å². The molecule has 0 saturated heterocycles. The van der Waals surface area contributed by atoms with Gasteiger partial charge >= 0.3 is 0 Å². The number of nitrogens with zero attached hydrogens (tertiary/aromatic N) is 2. The summed E-state index contributed by atoms with van der Waals surface area (Å²) >= 11 is 0. The van der Waals surface area contributed by atoms with Gasteiger partial charge in [-0.2, -0.15) is 0 Å². The Kier molecular flexibility index (Phi) is 4.03. The fraction of sp³-hybridized carbons (Fsp3) is 0.312. The molecule has 0 radical (unpaired) electrons. The van der Waals surface area contributed by atoms with Gasteiger partial charge in [-0.15, -0.1) is 0 Å². The van der Waals surface area contributed by atoms with Crippen LogP contribution in [0.5, 0.6) is 11.5 Å². The van der Waals surface area contributed by atoms with Crippen molar-refractivity contribution in [2.75, 3.05) is 20.4 Å². The van der Waals surface area contributed by atoms with Crippen molar-refractivity contribution in [1.29, 1.82) is 0 Å². The van der Waals surface area contributed by atoms with Crippen LogP contribution in [-0.4, -0.2) is 30.3 Å². The van der Waals surface area contributed by atoms with Crippen molar-refractivity contribution in [2.24, 2.45) is 5.73 Å². The Morgan fingerprint density at radius 3 is 2.95 bits per heavy atom. The number of likely N-dealkylation sites (N-methyl/N-ethyl adjacent to an activating group) is 1. The summed E-state index contributed by atoms with van der Waals surface area (Å²) in [5.74, 6) is 1.56. The van der Waals surface area contributed by atoms with Crippen molar-refractivity contribution < 1.29 is 9.47 Å². The van der Waals surface area contributed by atoms with E-state index in [-0.39, 0.29) is 12.8 Å². The Labute approximate surface area is 124 Å². The fourth-order valence-corrected chi connectivity index (χ4v) is 2.45. The SMILES string of the molecule is CN(Cc1cccnc1)CC(N)c1ccc2c(c1)OCO2. The summed E-state index contributed by atoms with van der Waals surface area (Å²) in [5, 5.41) is 0. The number of hydrogen-bond acceptors (Lipinski definition) is 5. The lowest BCUT2D eigenvalue weighted by Gasteiger charge is -2.21. The highest BCUT2D eigenvalue weighted by Crippen LogP contribution is 2.33. The Morgan fingerprint density at radius 2 is 2.14 bits per heavy atom. The molecule has 2 aromatic rings. The molecule has 0 bridgehead atoms. The number of fused-ring (bicyclic) bond motifs is 1. The van der Waals surface area contributed by atoms with Crippen molar-refractivity contribution in [3.05, 3.63) is 53.9 Å². The first-order valence-electron chi connectivity index (χ1n) is 6.95. The minimum atomic E-state index is -0.0684. The highest BCUT2D eigenvalue weighted by Gasteiger charge is 2.16. The van der Waals surface area contributed by atoms with Crippen LogP contribution < -0.4 is 15.2 Å². The van der Waals surface area contributed by atoms with E-state index < -0.39 is 0 Å². The van der Waals surface area contributed by atoms with Gasteiger partial charge in [0.1, 0.15) is 0 Å². The average molecular weight is 285 g/mol. The standard InChI is InChI=1S/C16H19N3O2/c1-19(9-12-3-2-6-18-8-12)10-14(17)13-4-5-15-16(7-13)21-11-20-15/h2-8,14H,9-11,17H2,1H3. The zero-order valence-electron chi connectivity index (χ0n) is 12.0. The Hall–Kier alpha value is -2.11. The molecule has 0 saturated carbocycles. The summed E-state index contributed by atoms with van der Waals surface area (Å²) in [6, 6.07) is 9.82. The fourth-order valence-electron chi connectivity index (χ4n) is 2.45. The van der Waals surface area contributed by atoms with Crippen LogP contribution in [0.4, 0.5) is 0 Å². The van der Waals surface area contributed by atoms with E-state index in [4.69, 9.17) is 15.2 Å². The first-order chi connectivity index (χ1) is 10.2. The van der Waals surface area contributed by atoms with Crippen molar-refractivity contribution in [3.8, 4) is 11.5 Å². The van der Waals surface area contributed by atoms with Gasteiger partial charge in [-0.1, -0.05) is 12.1 Å². The van der Waals surface area contributed by atoms with Gasteiger partial charge in [0, 0.05) is 31.5 Å². The van der Waals surface area contributed by atoms with Gasteiger partial charge in [-0.05, 0) is 36.4 Å². The second-order valence-corrected chi connectivity index (χ2v) is 5.28. The Morgan fingerprint density at radius 1 is 1.29 bits per heavy atom. The summed E-state index contributed by atoms with van der Waals surface area (Å²) in [5.41, 5.74) is 8.52. The molecule has 0 fully saturated rings.